The van der Waals surface area contributed by atoms with E-state index in [1.54, 1.807) is 0 Å². The third-order valence-corrected chi connectivity index (χ3v) is 2.25. The zero-order chi connectivity index (χ0) is 10.6. The number of hydrogen-bond donors (Lipinski definition) is 2. The summed E-state index contributed by atoms with van der Waals surface area (Å²) < 4.78 is 1.11. The summed E-state index contributed by atoms with van der Waals surface area (Å²) in [5.74, 6) is -0.173. The quantitative estimate of drug-likeness (QED) is 0.615. The van der Waals surface area contributed by atoms with Gasteiger partial charge in [-0.05, 0) is 53.0 Å². The Morgan fingerprint density at radius 3 is 2.79 bits per heavy atom. The van der Waals surface area contributed by atoms with Gasteiger partial charge in [0.05, 0.1) is 0 Å². The van der Waals surface area contributed by atoms with E-state index in [9.17, 15) is 4.79 Å². The largest absolute Gasteiger partial charge is 0.332 e. The highest BCUT2D eigenvalue weighted by atomic mass is 127. The molecule has 0 fully saturated rings. The van der Waals surface area contributed by atoms with E-state index in [-0.39, 0.29) is 5.91 Å². The summed E-state index contributed by atoms with van der Waals surface area (Å²) in [6, 6.07) is 7.72. The SMILES string of the molecule is CC(=O)NC(=S)Nc1cccc(I)c1. The summed E-state index contributed by atoms with van der Waals surface area (Å²) in [6.45, 7) is 1.42. The monoisotopic (exact) mass is 320 g/mol. The zero-order valence-corrected chi connectivity index (χ0v) is 10.5. The first-order valence-corrected chi connectivity index (χ1v) is 5.41. The van der Waals surface area contributed by atoms with E-state index >= 15 is 0 Å². The number of amides is 1. The van der Waals surface area contributed by atoms with Crippen molar-refractivity contribution < 1.29 is 4.79 Å². The molecule has 0 spiro atoms. The molecule has 0 heterocycles. The molecule has 1 rings (SSSR count). The van der Waals surface area contributed by atoms with Gasteiger partial charge in [0, 0.05) is 16.2 Å². The molecular formula is C9H9IN2OS. The van der Waals surface area contributed by atoms with E-state index in [1.807, 2.05) is 24.3 Å². The second-order valence-corrected chi connectivity index (χ2v) is 4.30. The van der Waals surface area contributed by atoms with Crippen LogP contribution in [-0.2, 0) is 4.79 Å². The predicted molar refractivity (Wildman–Crippen MR) is 69.2 cm³/mol. The van der Waals surface area contributed by atoms with Crippen LogP contribution in [0, 0.1) is 3.57 Å². The third-order valence-electron chi connectivity index (χ3n) is 1.37. The first-order valence-electron chi connectivity index (χ1n) is 3.92. The van der Waals surface area contributed by atoms with Crippen molar-refractivity contribution in [3.63, 3.8) is 0 Å². The summed E-state index contributed by atoms with van der Waals surface area (Å²) in [4.78, 5) is 10.7. The second kappa shape index (κ2) is 5.26. The van der Waals surface area contributed by atoms with Crippen molar-refractivity contribution in [1.82, 2.24) is 5.32 Å². The van der Waals surface area contributed by atoms with Crippen LogP contribution in [0.4, 0.5) is 5.69 Å². The van der Waals surface area contributed by atoms with Gasteiger partial charge in [-0.25, -0.2) is 0 Å². The molecule has 74 valence electrons. The topological polar surface area (TPSA) is 41.1 Å². The average molecular weight is 320 g/mol. The third kappa shape index (κ3) is 4.01. The first-order chi connectivity index (χ1) is 6.58. The lowest BCUT2D eigenvalue weighted by atomic mass is 10.3. The van der Waals surface area contributed by atoms with E-state index in [0.29, 0.717) is 5.11 Å². The lowest BCUT2D eigenvalue weighted by molar-refractivity contribution is -0.117. The Balaban J connectivity index is 2.60. The highest BCUT2D eigenvalue weighted by molar-refractivity contribution is 14.1. The maximum atomic E-state index is 10.7. The van der Waals surface area contributed by atoms with Crippen molar-refractivity contribution in [2.75, 3.05) is 5.32 Å². The van der Waals surface area contributed by atoms with Crippen LogP contribution in [-0.4, -0.2) is 11.0 Å². The highest BCUT2D eigenvalue weighted by Gasteiger charge is 1.99. The molecule has 5 heteroatoms. The molecule has 0 saturated carbocycles. The number of anilines is 1. The molecule has 0 atom stereocenters. The molecule has 1 aromatic rings. The number of nitrogens with one attached hydrogen (secondary N) is 2. The minimum atomic E-state index is -0.173. The molecule has 2 N–H and O–H groups in total. The zero-order valence-electron chi connectivity index (χ0n) is 7.50. The van der Waals surface area contributed by atoms with Gasteiger partial charge in [0.1, 0.15) is 0 Å². The summed E-state index contributed by atoms with van der Waals surface area (Å²) >= 11 is 7.12. The van der Waals surface area contributed by atoms with E-state index < -0.39 is 0 Å². The molecule has 0 aliphatic heterocycles. The van der Waals surface area contributed by atoms with Crippen molar-refractivity contribution in [1.29, 1.82) is 0 Å². The molecule has 0 bridgehead atoms. The molecule has 0 radical (unpaired) electrons. The van der Waals surface area contributed by atoms with Gasteiger partial charge in [0.15, 0.2) is 5.11 Å². The summed E-state index contributed by atoms with van der Waals surface area (Å²) in [5.41, 5.74) is 0.871. The fourth-order valence-electron chi connectivity index (χ4n) is 0.888. The van der Waals surface area contributed by atoms with E-state index in [2.05, 4.69) is 33.2 Å². The first kappa shape index (κ1) is 11.4. The molecule has 0 aromatic heterocycles. The summed E-state index contributed by atoms with van der Waals surface area (Å²) in [5, 5.41) is 5.72. The van der Waals surface area contributed by atoms with E-state index in [0.717, 1.165) is 9.26 Å². The molecule has 14 heavy (non-hydrogen) atoms. The van der Waals surface area contributed by atoms with Gasteiger partial charge < -0.3 is 10.6 Å². The fourth-order valence-corrected chi connectivity index (χ4v) is 1.69. The number of carbonyl (C=O) groups excluding carboxylic acids is 1. The van der Waals surface area contributed by atoms with Crippen LogP contribution in [0.25, 0.3) is 0 Å². The molecule has 0 unspecified atom stereocenters. The normalized spacial score (nSPS) is 9.29. The molecule has 1 amide bonds. The Morgan fingerprint density at radius 2 is 2.21 bits per heavy atom. The Morgan fingerprint density at radius 1 is 1.50 bits per heavy atom. The van der Waals surface area contributed by atoms with Crippen LogP contribution in [0.15, 0.2) is 24.3 Å². The average Bonchev–Trinajstić information content (AvgIpc) is 2.01. The van der Waals surface area contributed by atoms with Crippen molar-refractivity contribution in [2.45, 2.75) is 6.92 Å². The Labute approximate surface area is 101 Å². The van der Waals surface area contributed by atoms with Crippen LogP contribution in [0.2, 0.25) is 0 Å². The van der Waals surface area contributed by atoms with Crippen molar-refractivity contribution >= 4 is 51.5 Å². The van der Waals surface area contributed by atoms with Crippen LogP contribution in [0.1, 0.15) is 6.92 Å². The highest BCUT2D eigenvalue weighted by Crippen LogP contribution is 2.11. The Hall–Kier alpha value is -0.690. The molecule has 0 aliphatic carbocycles. The van der Waals surface area contributed by atoms with Gasteiger partial charge >= 0.3 is 0 Å². The van der Waals surface area contributed by atoms with E-state index in [1.165, 1.54) is 6.92 Å². The van der Waals surface area contributed by atoms with Crippen LogP contribution in [0.5, 0.6) is 0 Å². The molecule has 0 saturated heterocycles. The fraction of sp³-hybridized carbons (Fsp3) is 0.111. The van der Waals surface area contributed by atoms with Gasteiger partial charge in [0.2, 0.25) is 5.91 Å². The van der Waals surface area contributed by atoms with Crippen LogP contribution < -0.4 is 10.6 Å². The summed E-state index contributed by atoms with van der Waals surface area (Å²) in [6.07, 6.45) is 0. The number of rotatable bonds is 1. The van der Waals surface area contributed by atoms with Crippen molar-refractivity contribution in [3.05, 3.63) is 27.8 Å². The van der Waals surface area contributed by atoms with Crippen LogP contribution >= 0.6 is 34.8 Å². The number of halogens is 1. The standard InChI is InChI=1S/C9H9IN2OS/c1-6(13)11-9(14)12-8-4-2-3-7(10)5-8/h2-5H,1H3,(H2,11,12,13,14). The van der Waals surface area contributed by atoms with Gasteiger partial charge in [-0.1, -0.05) is 6.07 Å². The minimum Gasteiger partial charge on any atom is -0.332 e. The lowest BCUT2D eigenvalue weighted by Gasteiger charge is -2.07. The molecule has 1 aromatic carbocycles. The minimum absolute atomic E-state index is 0.173. The Kier molecular flexibility index (Phi) is 4.27. The predicted octanol–water partition coefficient (Wildman–Crippen LogP) is 2.12. The summed E-state index contributed by atoms with van der Waals surface area (Å²) in [7, 11) is 0. The number of benzene rings is 1. The van der Waals surface area contributed by atoms with Crippen molar-refractivity contribution in [3.8, 4) is 0 Å². The molecular weight excluding hydrogens is 311 g/mol. The van der Waals surface area contributed by atoms with Gasteiger partial charge in [-0.2, -0.15) is 0 Å². The second-order valence-electron chi connectivity index (χ2n) is 2.65. The van der Waals surface area contributed by atoms with Crippen molar-refractivity contribution in [2.24, 2.45) is 0 Å². The van der Waals surface area contributed by atoms with Gasteiger partial charge in [-0.3, -0.25) is 4.79 Å². The molecule has 0 aliphatic rings. The number of carbonyl (C=O) groups is 1. The number of hydrogen-bond acceptors (Lipinski definition) is 2. The van der Waals surface area contributed by atoms with E-state index in [4.69, 9.17) is 12.2 Å². The molecule has 3 nitrogen and oxygen atoms in total. The van der Waals surface area contributed by atoms with Gasteiger partial charge in [-0.15, -0.1) is 0 Å². The maximum Gasteiger partial charge on any atom is 0.222 e. The smallest absolute Gasteiger partial charge is 0.222 e. The Bertz CT molecular complexity index is 368. The number of thiocarbonyl (C=S) groups is 1. The van der Waals surface area contributed by atoms with Gasteiger partial charge in [0.25, 0.3) is 0 Å². The lowest BCUT2D eigenvalue weighted by Crippen LogP contribution is -2.32. The maximum absolute atomic E-state index is 10.7. The van der Waals surface area contributed by atoms with Crippen LogP contribution in [0.3, 0.4) is 0 Å².